The average molecular weight is 1080 g/mol. The smallest absolute Gasteiger partial charge is 0.306 e. The van der Waals surface area contributed by atoms with Crippen molar-refractivity contribution < 1.29 is 28.6 Å². The molecule has 450 valence electrons. The molecular formula is C71H130O6. The second-order valence-corrected chi connectivity index (χ2v) is 23.1. The van der Waals surface area contributed by atoms with Crippen LogP contribution in [0.2, 0.25) is 0 Å². The van der Waals surface area contributed by atoms with E-state index < -0.39 is 6.10 Å². The lowest BCUT2D eigenvalue weighted by atomic mass is 10.0. The second kappa shape index (κ2) is 65.9. The van der Waals surface area contributed by atoms with Crippen LogP contribution >= 0.6 is 0 Å². The van der Waals surface area contributed by atoms with E-state index in [1.165, 1.54) is 238 Å². The minimum atomic E-state index is -0.774. The standard InChI is InChI=1S/C71H130O6/c1-4-7-10-13-16-19-22-25-28-31-33-35-37-40-43-46-49-52-55-58-61-64-70(73)76-67-68(66-75-69(72)63-60-57-54-51-48-45-42-39-30-27-24-21-18-15-12-9-6-3)77-71(74)65-62-59-56-53-50-47-44-41-38-36-34-32-29-26-23-20-17-14-11-8-5-2/h7,10,16,19,25,28,33,35,68H,4-6,8-9,11-15,17-18,20-24,26-27,29-32,34,36-67H2,1-3H3/b10-7-,19-16-,28-25-,35-33-. The Morgan fingerprint density at radius 3 is 0.792 bits per heavy atom. The predicted octanol–water partition coefficient (Wildman–Crippen LogP) is 23.3. The van der Waals surface area contributed by atoms with Crippen molar-refractivity contribution in [2.75, 3.05) is 13.2 Å². The minimum Gasteiger partial charge on any atom is -0.462 e. The zero-order chi connectivity index (χ0) is 55.7. The van der Waals surface area contributed by atoms with Crippen LogP contribution in [-0.4, -0.2) is 37.2 Å². The molecule has 6 heteroatoms. The normalized spacial score (nSPS) is 12.3. The summed E-state index contributed by atoms with van der Waals surface area (Å²) in [5.74, 6) is -0.850. The first-order valence-electron chi connectivity index (χ1n) is 34.1. The summed E-state index contributed by atoms with van der Waals surface area (Å²) in [5.41, 5.74) is 0. The van der Waals surface area contributed by atoms with Crippen molar-refractivity contribution in [3.05, 3.63) is 48.6 Å². The highest BCUT2D eigenvalue weighted by atomic mass is 16.6. The molecule has 1 atom stereocenters. The molecule has 0 saturated carbocycles. The van der Waals surface area contributed by atoms with Crippen molar-refractivity contribution in [3.63, 3.8) is 0 Å². The third-order valence-electron chi connectivity index (χ3n) is 15.3. The number of hydrogen-bond acceptors (Lipinski definition) is 6. The lowest BCUT2D eigenvalue weighted by Crippen LogP contribution is -2.30. The van der Waals surface area contributed by atoms with E-state index in [1.807, 2.05) is 0 Å². The van der Waals surface area contributed by atoms with Crippen molar-refractivity contribution in [3.8, 4) is 0 Å². The molecular weight excluding hydrogens is 949 g/mol. The van der Waals surface area contributed by atoms with E-state index in [0.717, 1.165) is 89.9 Å². The number of unbranched alkanes of at least 4 members (excludes halogenated alkanes) is 44. The molecule has 77 heavy (non-hydrogen) atoms. The third-order valence-corrected chi connectivity index (χ3v) is 15.3. The summed E-state index contributed by atoms with van der Waals surface area (Å²) in [5, 5.41) is 0. The van der Waals surface area contributed by atoms with Crippen LogP contribution < -0.4 is 0 Å². The molecule has 0 aromatic heterocycles. The van der Waals surface area contributed by atoms with Crippen LogP contribution in [0.25, 0.3) is 0 Å². The lowest BCUT2D eigenvalue weighted by molar-refractivity contribution is -0.167. The molecule has 0 bridgehead atoms. The molecule has 0 heterocycles. The van der Waals surface area contributed by atoms with Crippen molar-refractivity contribution in [2.45, 2.75) is 374 Å². The van der Waals surface area contributed by atoms with Crippen molar-refractivity contribution in [2.24, 2.45) is 0 Å². The molecule has 0 aliphatic heterocycles. The fourth-order valence-corrected chi connectivity index (χ4v) is 10.3. The summed E-state index contributed by atoms with van der Waals surface area (Å²) >= 11 is 0. The fourth-order valence-electron chi connectivity index (χ4n) is 10.3. The molecule has 0 N–H and O–H groups in total. The zero-order valence-electron chi connectivity index (χ0n) is 51.7. The second-order valence-electron chi connectivity index (χ2n) is 23.1. The minimum absolute atomic E-state index is 0.0699. The Kier molecular flexibility index (Phi) is 63.6. The van der Waals surface area contributed by atoms with E-state index in [9.17, 15) is 14.4 Å². The van der Waals surface area contributed by atoms with Gasteiger partial charge in [-0.05, 0) is 57.8 Å². The topological polar surface area (TPSA) is 78.9 Å². The quantitative estimate of drug-likeness (QED) is 0.0261. The van der Waals surface area contributed by atoms with Gasteiger partial charge in [-0.25, -0.2) is 0 Å². The van der Waals surface area contributed by atoms with E-state index in [1.54, 1.807) is 0 Å². The van der Waals surface area contributed by atoms with Gasteiger partial charge in [0.05, 0.1) is 0 Å². The number of hydrogen-bond donors (Lipinski definition) is 0. The van der Waals surface area contributed by atoms with Gasteiger partial charge in [0.25, 0.3) is 0 Å². The van der Waals surface area contributed by atoms with Gasteiger partial charge in [-0.15, -0.1) is 0 Å². The van der Waals surface area contributed by atoms with E-state index in [-0.39, 0.29) is 31.1 Å². The van der Waals surface area contributed by atoms with E-state index in [4.69, 9.17) is 14.2 Å². The van der Waals surface area contributed by atoms with Gasteiger partial charge in [0, 0.05) is 19.3 Å². The highest BCUT2D eigenvalue weighted by molar-refractivity contribution is 5.71. The number of rotatable bonds is 63. The maximum atomic E-state index is 13.0. The average Bonchev–Trinajstić information content (AvgIpc) is 3.43. The summed E-state index contributed by atoms with van der Waals surface area (Å²) < 4.78 is 17.0. The van der Waals surface area contributed by atoms with Crippen LogP contribution in [0, 0.1) is 0 Å². The zero-order valence-corrected chi connectivity index (χ0v) is 51.7. The van der Waals surface area contributed by atoms with Crippen LogP contribution in [0.15, 0.2) is 48.6 Å². The van der Waals surface area contributed by atoms with E-state index >= 15 is 0 Å². The number of carbonyl (C=O) groups is 3. The molecule has 0 amide bonds. The van der Waals surface area contributed by atoms with Gasteiger partial charge < -0.3 is 14.2 Å². The van der Waals surface area contributed by atoms with E-state index in [2.05, 4.69) is 69.4 Å². The first kappa shape index (κ1) is 74.4. The molecule has 0 fully saturated rings. The number of allylic oxidation sites excluding steroid dienone is 8. The van der Waals surface area contributed by atoms with Crippen LogP contribution in [0.3, 0.4) is 0 Å². The molecule has 6 nitrogen and oxygen atoms in total. The highest BCUT2D eigenvalue weighted by Gasteiger charge is 2.19. The Labute approximate surface area is 479 Å². The molecule has 0 aromatic carbocycles. The molecule has 0 radical (unpaired) electrons. The molecule has 0 aliphatic rings. The van der Waals surface area contributed by atoms with Crippen molar-refractivity contribution in [1.82, 2.24) is 0 Å². The van der Waals surface area contributed by atoms with Crippen LogP contribution in [0.4, 0.5) is 0 Å². The summed E-state index contributed by atoms with van der Waals surface area (Å²) in [6, 6.07) is 0. The Hall–Kier alpha value is -2.63. The highest BCUT2D eigenvalue weighted by Crippen LogP contribution is 2.18. The summed E-state index contributed by atoms with van der Waals surface area (Å²) in [4.78, 5) is 38.4. The summed E-state index contributed by atoms with van der Waals surface area (Å²) in [7, 11) is 0. The van der Waals surface area contributed by atoms with Gasteiger partial charge in [0.1, 0.15) is 13.2 Å². The van der Waals surface area contributed by atoms with Gasteiger partial charge >= 0.3 is 17.9 Å². The van der Waals surface area contributed by atoms with Crippen LogP contribution in [0.5, 0.6) is 0 Å². The monoisotopic (exact) mass is 1080 g/mol. The molecule has 0 rings (SSSR count). The fraction of sp³-hybridized carbons (Fsp3) is 0.845. The Morgan fingerprint density at radius 2 is 0.506 bits per heavy atom. The largest absolute Gasteiger partial charge is 0.462 e. The Morgan fingerprint density at radius 1 is 0.273 bits per heavy atom. The molecule has 1 unspecified atom stereocenters. The Balaban J connectivity index is 4.33. The van der Waals surface area contributed by atoms with Gasteiger partial charge in [-0.3, -0.25) is 14.4 Å². The Bertz CT molecular complexity index is 1330. The molecule has 0 spiro atoms. The lowest BCUT2D eigenvalue weighted by Gasteiger charge is -2.18. The summed E-state index contributed by atoms with van der Waals surface area (Å²) in [6.45, 7) is 6.60. The van der Waals surface area contributed by atoms with Crippen molar-refractivity contribution in [1.29, 1.82) is 0 Å². The maximum absolute atomic E-state index is 13.0. The van der Waals surface area contributed by atoms with Crippen molar-refractivity contribution >= 4 is 17.9 Å². The SMILES string of the molecule is CC/C=C\C/C=C\C/C=C\C/C=C\CCCCCCCCCCC(=O)OCC(COC(=O)CCCCCCCCCCCCCCCCCCC)OC(=O)CCCCCCCCCCCCCCCCCCCCCCC. The van der Waals surface area contributed by atoms with Gasteiger partial charge in [-0.1, -0.05) is 339 Å². The van der Waals surface area contributed by atoms with Gasteiger partial charge in [0.15, 0.2) is 6.10 Å². The first-order chi connectivity index (χ1) is 38.0. The van der Waals surface area contributed by atoms with Crippen LogP contribution in [-0.2, 0) is 28.6 Å². The maximum Gasteiger partial charge on any atom is 0.306 e. The first-order valence-corrected chi connectivity index (χ1v) is 34.1. The molecule has 0 aliphatic carbocycles. The molecule has 0 saturated heterocycles. The van der Waals surface area contributed by atoms with Gasteiger partial charge in [0.2, 0.25) is 0 Å². The predicted molar refractivity (Wildman–Crippen MR) is 335 cm³/mol. The third kappa shape index (κ3) is 64.1. The van der Waals surface area contributed by atoms with E-state index in [0.29, 0.717) is 19.3 Å². The summed E-state index contributed by atoms with van der Waals surface area (Å²) in [6.07, 6.45) is 82.7. The molecule has 0 aromatic rings. The number of esters is 3. The number of carbonyl (C=O) groups excluding carboxylic acids is 3. The van der Waals surface area contributed by atoms with Gasteiger partial charge in [-0.2, -0.15) is 0 Å². The number of ether oxygens (including phenoxy) is 3. The van der Waals surface area contributed by atoms with Crippen LogP contribution in [0.1, 0.15) is 367 Å².